The van der Waals surface area contributed by atoms with Crippen molar-refractivity contribution in [2.24, 2.45) is 5.73 Å². The van der Waals surface area contributed by atoms with Crippen LogP contribution in [0, 0.1) is 0 Å². The molecular formula is C19H23N3O2. The lowest BCUT2D eigenvalue weighted by atomic mass is 10.0. The molecule has 1 saturated heterocycles. The third-order valence-electron chi connectivity index (χ3n) is 4.98. The van der Waals surface area contributed by atoms with Crippen molar-refractivity contribution >= 4 is 5.91 Å². The number of oxazole rings is 1. The minimum atomic E-state index is -0.0158. The first-order chi connectivity index (χ1) is 11.8. The number of nitrogens with zero attached hydrogens (tertiary/aromatic N) is 2. The molecule has 2 N–H and O–H groups in total. The molecule has 2 fully saturated rings. The topological polar surface area (TPSA) is 72.4 Å². The average Bonchev–Trinajstić information content (AvgIpc) is 3.40. The Morgan fingerprint density at radius 1 is 1.21 bits per heavy atom. The molecule has 1 aliphatic heterocycles. The quantitative estimate of drug-likeness (QED) is 0.937. The van der Waals surface area contributed by atoms with Crippen LogP contribution in [0.15, 0.2) is 34.7 Å². The fourth-order valence-corrected chi connectivity index (χ4v) is 3.46. The predicted molar refractivity (Wildman–Crippen MR) is 91.6 cm³/mol. The summed E-state index contributed by atoms with van der Waals surface area (Å²) >= 11 is 0. The maximum atomic E-state index is 13.1. The van der Waals surface area contributed by atoms with Crippen LogP contribution in [0.3, 0.4) is 0 Å². The summed E-state index contributed by atoms with van der Waals surface area (Å²) < 4.78 is 6.02. The molecule has 5 heteroatoms. The third-order valence-corrected chi connectivity index (χ3v) is 4.98. The Labute approximate surface area is 141 Å². The molecule has 0 unspecified atom stereocenters. The number of piperidine rings is 1. The number of aromatic nitrogens is 1. The van der Waals surface area contributed by atoms with Gasteiger partial charge in [-0.05, 0) is 44.2 Å². The highest BCUT2D eigenvalue weighted by molar-refractivity contribution is 5.94. The van der Waals surface area contributed by atoms with E-state index in [1.807, 2.05) is 35.2 Å². The number of carbonyl (C=O) groups is 1. The van der Waals surface area contributed by atoms with E-state index in [9.17, 15) is 4.79 Å². The zero-order valence-corrected chi connectivity index (χ0v) is 13.8. The number of likely N-dealkylation sites (tertiary alicyclic amines) is 1. The Hall–Kier alpha value is -2.14. The van der Waals surface area contributed by atoms with Crippen LogP contribution in [0.25, 0.3) is 11.5 Å². The summed E-state index contributed by atoms with van der Waals surface area (Å²) in [6, 6.07) is 9.90. The smallest absolute Gasteiger partial charge is 0.276 e. The van der Waals surface area contributed by atoms with Crippen LogP contribution in [0.4, 0.5) is 0 Å². The van der Waals surface area contributed by atoms with Gasteiger partial charge in [-0.3, -0.25) is 4.79 Å². The number of carbonyl (C=O) groups excluding carboxylic acids is 1. The average molecular weight is 325 g/mol. The van der Waals surface area contributed by atoms with E-state index in [2.05, 4.69) is 4.98 Å². The van der Waals surface area contributed by atoms with Gasteiger partial charge < -0.3 is 15.1 Å². The zero-order chi connectivity index (χ0) is 16.5. The standard InChI is InChI=1S/C19H23N3O2/c20-12-15-8-4-5-11-22(15)19(23)16-17(13-9-10-13)24-18(21-16)14-6-2-1-3-7-14/h1-3,6-7,13,15H,4-5,8-12,20H2/t15-/m1/s1. The largest absolute Gasteiger partial charge is 0.440 e. The van der Waals surface area contributed by atoms with Crippen molar-refractivity contribution in [1.82, 2.24) is 9.88 Å². The Bertz CT molecular complexity index is 721. The van der Waals surface area contributed by atoms with Crippen molar-refractivity contribution in [1.29, 1.82) is 0 Å². The van der Waals surface area contributed by atoms with E-state index in [0.29, 0.717) is 24.0 Å². The van der Waals surface area contributed by atoms with E-state index in [4.69, 9.17) is 10.2 Å². The molecule has 1 atom stereocenters. The highest BCUT2D eigenvalue weighted by Gasteiger charge is 2.37. The van der Waals surface area contributed by atoms with Crippen molar-refractivity contribution < 1.29 is 9.21 Å². The fraction of sp³-hybridized carbons (Fsp3) is 0.474. The van der Waals surface area contributed by atoms with Crippen LogP contribution in [0.1, 0.15) is 54.3 Å². The molecule has 1 amide bonds. The highest BCUT2D eigenvalue weighted by Crippen LogP contribution is 2.43. The molecule has 0 bridgehead atoms. The van der Waals surface area contributed by atoms with E-state index >= 15 is 0 Å². The SMILES string of the molecule is NC[C@H]1CCCCN1C(=O)c1nc(-c2ccccc2)oc1C1CC1. The van der Waals surface area contributed by atoms with Crippen LogP contribution in [-0.2, 0) is 0 Å². The molecular weight excluding hydrogens is 302 g/mol. The van der Waals surface area contributed by atoms with Crippen LogP contribution < -0.4 is 5.73 Å². The van der Waals surface area contributed by atoms with Gasteiger partial charge in [0.2, 0.25) is 5.89 Å². The summed E-state index contributed by atoms with van der Waals surface area (Å²) in [4.78, 5) is 19.6. The van der Waals surface area contributed by atoms with Gasteiger partial charge >= 0.3 is 0 Å². The highest BCUT2D eigenvalue weighted by atomic mass is 16.4. The molecule has 2 heterocycles. The van der Waals surface area contributed by atoms with Gasteiger partial charge in [0.1, 0.15) is 5.76 Å². The first-order valence-corrected chi connectivity index (χ1v) is 8.85. The number of rotatable bonds is 4. The summed E-state index contributed by atoms with van der Waals surface area (Å²) in [6.45, 7) is 1.27. The summed E-state index contributed by atoms with van der Waals surface area (Å²) in [5.74, 6) is 1.63. The van der Waals surface area contributed by atoms with Crippen LogP contribution in [0.5, 0.6) is 0 Å². The van der Waals surface area contributed by atoms with Gasteiger partial charge in [0.25, 0.3) is 5.91 Å². The molecule has 126 valence electrons. The molecule has 4 rings (SSSR count). The third kappa shape index (κ3) is 2.84. The number of benzene rings is 1. The molecule has 1 aromatic heterocycles. The lowest BCUT2D eigenvalue weighted by Crippen LogP contribution is -2.47. The second-order valence-electron chi connectivity index (χ2n) is 6.76. The Morgan fingerprint density at radius 3 is 2.71 bits per heavy atom. The second-order valence-corrected chi connectivity index (χ2v) is 6.76. The number of hydrogen-bond acceptors (Lipinski definition) is 4. The van der Waals surface area contributed by atoms with Crippen molar-refractivity contribution in [3.63, 3.8) is 0 Å². The van der Waals surface area contributed by atoms with Crippen LogP contribution in [-0.4, -0.2) is 34.9 Å². The Kier molecular flexibility index (Phi) is 4.10. The van der Waals surface area contributed by atoms with E-state index in [0.717, 1.165) is 50.0 Å². The number of nitrogens with two attached hydrogens (primary N) is 1. The Balaban J connectivity index is 1.68. The maximum absolute atomic E-state index is 13.1. The monoisotopic (exact) mass is 325 g/mol. The van der Waals surface area contributed by atoms with Crippen LogP contribution in [0.2, 0.25) is 0 Å². The lowest BCUT2D eigenvalue weighted by Gasteiger charge is -2.34. The maximum Gasteiger partial charge on any atom is 0.276 e. The molecule has 1 aromatic carbocycles. The molecule has 0 radical (unpaired) electrons. The number of amides is 1. The Morgan fingerprint density at radius 2 is 2.00 bits per heavy atom. The minimum Gasteiger partial charge on any atom is -0.440 e. The summed E-state index contributed by atoms with van der Waals surface area (Å²) in [5.41, 5.74) is 7.28. The van der Waals surface area contributed by atoms with Gasteiger partial charge in [-0.25, -0.2) is 4.98 Å². The summed E-state index contributed by atoms with van der Waals surface area (Å²) in [5, 5.41) is 0. The number of hydrogen-bond donors (Lipinski definition) is 1. The predicted octanol–water partition coefficient (Wildman–Crippen LogP) is 3.17. The van der Waals surface area contributed by atoms with Crippen LogP contribution >= 0.6 is 0 Å². The van der Waals surface area contributed by atoms with E-state index < -0.39 is 0 Å². The summed E-state index contributed by atoms with van der Waals surface area (Å²) in [6.07, 6.45) is 5.29. The molecule has 2 aliphatic rings. The fourth-order valence-electron chi connectivity index (χ4n) is 3.46. The first-order valence-electron chi connectivity index (χ1n) is 8.85. The molecule has 1 saturated carbocycles. The van der Waals surface area contributed by atoms with Gasteiger partial charge in [-0.2, -0.15) is 0 Å². The normalized spacial score (nSPS) is 21.0. The van der Waals surface area contributed by atoms with Crippen molar-refractivity contribution in [2.45, 2.75) is 44.1 Å². The van der Waals surface area contributed by atoms with Crippen molar-refractivity contribution in [2.75, 3.05) is 13.1 Å². The van der Waals surface area contributed by atoms with Gasteiger partial charge in [0.15, 0.2) is 5.69 Å². The van der Waals surface area contributed by atoms with Gasteiger partial charge in [0, 0.05) is 30.6 Å². The van der Waals surface area contributed by atoms with Crippen molar-refractivity contribution in [3.05, 3.63) is 41.8 Å². The van der Waals surface area contributed by atoms with Crippen molar-refractivity contribution in [3.8, 4) is 11.5 Å². The first kappa shape index (κ1) is 15.4. The summed E-state index contributed by atoms with van der Waals surface area (Å²) in [7, 11) is 0. The second kappa shape index (κ2) is 6.40. The molecule has 1 aliphatic carbocycles. The van der Waals surface area contributed by atoms with Gasteiger partial charge in [-0.1, -0.05) is 18.2 Å². The van der Waals surface area contributed by atoms with E-state index in [1.54, 1.807) is 0 Å². The molecule has 24 heavy (non-hydrogen) atoms. The molecule has 5 nitrogen and oxygen atoms in total. The molecule has 0 spiro atoms. The molecule has 2 aromatic rings. The van der Waals surface area contributed by atoms with Gasteiger partial charge in [-0.15, -0.1) is 0 Å². The van der Waals surface area contributed by atoms with Gasteiger partial charge in [0.05, 0.1) is 0 Å². The lowest BCUT2D eigenvalue weighted by molar-refractivity contribution is 0.0615. The minimum absolute atomic E-state index is 0.0158. The van der Waals surface area contributed by atoms with E-state index in [1.165, 1.54) is 0 Å². The zero-order valence-electron chi connectivity index (χ0n) is 13.8. The van der Waals surface area contributed by atoms with E-state index in [-0.39, 0.29) is 11.9 Å².